The average Bonchev–Trinajstić information content (AvgIpc) is 3.06. The van der Waals surface area contributed by atoms with Crippen LogP contribution in [0.5, 0.6) is 0 Å². The van der Waals surface area contributed by atoms with Crippen LogP contribution in [0.4, 0.5) is 5.69 Å². The van der Waals surface area contributed by atoms with Gasteiger partial charge in [-0.3, -0.25) is 9.59 Å². The zero-order valence-electron chi connectivity index (χ0n) is 14.5. The molecule has 1 aliphatic carbocycles. The van der Waals surface area contributed by atoms with E-state index in [1.54, 1.807) is 11.0 Å². The summed E-state index contributed by atoms with van der Waals surface area (Å²) in [6, 6.07) is 5.97. The maximum atomic E-state index is 12.4. The van der Waals surface area contributed by atoms with Gasteiger partial charge in [-0.05, 0) is 49.5 Å². The summed E-state index contributed by atoms with van der Waals surface area (Å²) in [5.41, 5.74) is 2.99. The second-order valence-electron chi connectivity index (χ2n) is 6.75. The van der Waals surface area contributed by atoms with Gasteiger partial charge in [-0.15, -0.1) is 5.10 Å². The van der Waals surface area contributed by atoms with E-state index in [2.05, 4.69) is 22.2 Å². The number of nitrogens with one attached hydrogen (secondary N) is 1. The first-order chi connectivity index (χ1) is 12.7. The Hall–Kier alpha value is -2.96. The molecule has 4 rings (SSSR count). The second-order valence-corrected chi connectivity index (χ2v) is 6.75. The maximum Gasteiger partial charge on any atom is 0.251 e. The van der Waals surface area contributed by atoms with Gasteiger partial charge in [-0.25, -0.2) is 4.68 Å². The van der Waals surface area contributed by atoms with Crippen molar-refractivity contribution in [2.45, 2.75) is 38.3 Å². The van der Waals surface area contributed by atoms with Gasteiger partial charge < -0.3 is 10.2 Å². The number of hydrogen-bond acceptors (Lipinski definition) is 4. The molecule has 1 N–H and O–H groups in total. The third-order valence-corrected chi connectivity index (χ3v) is 5.10. The van der Waals surface area contributed by atoms with Crippen molar-refractivity contribution in [1.82, 2.24) is 20.3 Å². The highest BCUT2D eigenvalue weighted by molar-refractivity contribution is 6.03. The van der Waals surface area contributed by atoms with E-state index < -0.39 is 0 Å². The van der Waals surface area contributed by atoms with Crippen LogP contribution in [0.3, 0.4) is 0 Å². The largest absolute Gasteiger partial charge is 0.352 e. The van der Waals surface area contributed by atoms with E-state index in [1.165, 1.54) is 12.5 Å². The van der Waals surface area contributed by atoms with Gasteiger partial charge in [0, 0.05) is 17.8 Å². The molecular formula is C19H21N5O2. The number of rotatable bonds is 5. The number of benzene rings is 1. The molecule has 7 nitrogen and oxygen atoms in total. The molecule has 2 aromatic rings. The Kier molecular flexibility index (Phi) is 4.28. The number of carbonyl (C=O) groups is 2. The molecule has 0 atom stereocenters. The molecule has 26 heavy (non-hydrogen) atoms. The lowest BCUT2D eigenvalue weighted by atomic mass is 9.93. The van der Waals surface area contributed by atoms with Crippen LogP contribution in [-0.2, 0) is 17.8 Å². The molecule has 7 heteroatoms. The number of hydrogen-bond donors (Lipinski definition) is 1. The molecule has 0 bridgehead atoms. The second kappa shape index (κ2) is 6.74. The Balaban J connectivity index is 1.61. The van der Waals surface area contributed by atoms with Crippen LogP contribution in [0.15, 0.2) is 37.1 Å². The smallest absolute Gasteiger partial charge is 0.251 e. The van der Waals surface area contributed by atoms with E-state index in [0.29, 0.717) is 29.5 Å². The first-order valence-electron chi connectivity index (χ1n) is 8.91. The van der Waals surface area contributed by atoms with Gasteiger partial charge in [0.2, 0.25) is 0 Å². The average molecular weight is 351 g/mol. The summed E-state index contributed by atoms with van der Waals surface area (Å²) in [6.07, 6.45) is 7.44. The monoisotopic (exact) mass is 351 g/mol. The third-order valence-electron chi connectivity index (χ3n) is 5.10. The van der Waals surface area contributed by atoms with Gasteiger partial charge in [0.05, 0.1) is 18.8 Å². The summed E-state index contributed by atoms with van der Waals surface area (Å²) in [7, 11) is 0. The Labute approximate surface area is 151 Å². The van der Waals surface area contributed by atoms with Crippen molar-refractivity contribution >= 4 is 17.5 Å². The fraction of sp³-hybridized carbons (Fsp3) is 0.368. The molecule has 0 spiro atoms. The third kappa shape index (κ3) is 3.00. The van der Waals surface area contributed by atoms with Crippen molar-refractivity contribution < 1.29 is 9.59 Å². The van der Waals surface area contributed by atoms with Crippen LogP contribution in [0, 0.1) is 0 Å². The van der Waals surface area contributed by atoms with Gasteiger partial charge >= 0.3 is 0 Å². The minimum Gasteiger partial charge on any atom is -0.352 e. The van der Waals surface area contributed by atoms with Crippen LogP contribution in [0.1, 0.15) is 46.9 Å². The Bertz CT molecular complexity index is 869. The molecule has 1 saturated carbocycles. The summed E-state index contributed by atoms with van der Waals surface area (Å²) in [5, 5.41) is 11.2. The molecule has 1 aromatic heterocycles. The molecular weight excluding hydrogens is 330 g/mol. The molecule has 134 valence electrons. The molecule has 0 radical (unpaired) electrons. The van der Waals surface area contributed by atoms with Crippen molar-refractivity contribution in [3.63, 3.8) is 0 Å². The number of fused-ring (bicyclic) bond motifs is 1. The van der Waals surface area contributed by atoms with Crippen molar-refractivity contribution in [1.29, 1.82) is 0 Å². The van der Waals surface area contributed by atoms with Crippen LogP contribution < -0.4 is 10.2 Å². The van der Waals surface area contributed by atoms with Crippen molar-refractivity contribution in [2.75, 3.05) is 11.4 Å². The molecule has 2 aliphatic rings. The predicted octanol–water partition coefficient (Wildman–Crippen LogP) is 2.01. The Morgan fingerprint density at radius 2 is 2.27 bits per heavy atom. The van der Waals surface area contributed by atoms with Crippen molar-refractivity contribution in [3.8, 4) is 0 Å². The molecule has 1 fully saturated rings. The lowest BCUT2D eigenvalue weighted by Crippen LogP contribution is -2.33. The van der Waals surface area contributed by atoms with E-state index >= 15 is 0 Å². The number of nitrogens with zero attached hydrogens (tertiary/aromatic N) is 4. The zero-order chi connectivity index (χ0) is 18.1. The number of aromatic nitrogens is 3. The first kappa shape index (κ1) is 16.5. The van der Waals surface area contributed by atoms with Crippen LogP contribution in [-0.4, -0.2) is 33.4 Å². The molecule has 0 saturated heterocycles. The minimum absolute atomic E-state index is 0.102. The summed E-state index contributed by atoms with van der Waals surface area (Å²) in [6.45, 7) is 4.53. The van der Waals surface area contributed by atoms with E-state index in [9.17, 15) is 9.59 Å². The highest BCUT2D eigenvalue weighted by Crippen LogP contribution is 2.30. The Morgan fingerprint density at radius 3 is 3.00 bits per heavy atom. The van der Waals surface area contributed by atoms with Crippen LogP contribution in [0.2, 0.25) is 0 Å². The number of amides is 2. The molecule has 1 aliphatic heterocycles. The van der Waals surface area contributed by atoms with Gasteiger partial charge in [0.1, 0.15) is 5.69 Å². The molecule has 2 heterocycles. The summed E-state index contributed by atoms with van der Waals surface area (Å²) >= 11 is 0. The number of anilines is 1. The summed E-state index contributed by atoms with van der Waals surface area (Å²) in [4.78, 5) is 26.1. The predicted molar refractivity (Wildman–Crippen MR) is 96.8 cm³/mol. The van der Waals surface area contributed by atoms with Gasteiger partial charge in [-0.1, -0.05) is 17.9 Å². The van der Waals surface area contributed by atoms with E-state index in [-0.39, 0.29) is 18.4 Å². The summed E-state index contributed by atoms with van der Waals surface area (Å²) < 4.78 is 1.88. The lowest BCUT2D eigenvalue weighted by molar-refractivity contribution is -0.114. The van der Waals surface area contributed by atoms with Crippen molar-refractivity contribution in [2.24, 2.45) is 0 Å². The zero-order valence-corrected chi connectivity index (χ0v) is 14.5. The van der Waals surface area contributed by atoms with E-state index in [1.807, 2.05) is 23.0 Å². The molecule has 0 unspecified atom stereocenters. The maximum absolute atomic E-state index is 12.4. The minimum atomic E-state index is -0.237. The lowest BCUT2D eigenvalue weighted by Gasteiger charge is -2.25. The molecule has 1 aromatic carbocycles. The fourth-order valence-electron chi connectivity index (χ4n) is 3.35. The molecule has 2 amide bonds. The van der Waals surface area contributed by atoms with Gasteiger partial charge in [-0.2, -0.15) is 0 Å². The summed E-state index contributed by atoms with van der Waals surface area (Å²) in [5.74, 6) is -0.339. The first-order valence-corrected chi connectivity index (χ1v) is 8.91. The van der Waals surface area contributed by atoms with Crippen LogP contribution in [0.25, 0.3) is 0 Å². The fourth-order valence-corrected chi connectivity index (χ4v) is 3.35. The highest BCUT2D eigenvalue weighted by atomic mass is 16.2. The standard InChI is InChI=1S/C19H21N5O2/c1-2-18(25)23(11-14-12-24(22-21-14)15-4-3-5-15)16-7-6-13-8-9-20-19(26)17(13)10-16/h2,6-7,10,12,15H,1,3-5,8-9,11H2,(H,20,26). The van der Waals surface area contributed by atoms with E-state index in [4.69, 9.17) is 0 Å². The topological polar surface area (TPSA) is 80.1 Å². The highest BCUT2D eigenvalue weighted by Gasteiger charge is 2.23. The van der Waals surface area contributed by atoms with Gasteiger partial charge in [0.15, 0.2) is 0 Å². The van der Waals surface area contributed by atoms with Gasteiger partial charge in [0.25, 0.3) is 11.8 Å². The van der Waals surface area contributed by atoms with Crippen LogP contribution >= 0.6 is 0 Å². The quantitative estimate of drug-likeness (QED) is 0.836. The normalized spacial score (nSPS) is 16.4. The number of carbonyl (C=O) groups excluding carboxylic acids is 2. The Morgan fingerprint density at radius 1 is 1.42 bits per heavy atom. The SMILES string of the molecule is C=CC(=O)N(Cc1cn(C2CCC2)nn1)c1ccc2c(c1)C(=O)NCC2. The van der Waals surface area contributed by atoms with Crippen molar-refractivity contribution in [3.05, 3.63) is 53.9 Å². The van der Waals surface area contributed by atoms with E-state index in [0.717, 1.165) is 24.8 Å².